The number of rotatable bonds is 7. The normalized spacial score (nSPS) is 11.0. The molecule has 2 aromatic carbocycles. The maximum Gasteiger partial charge on any atom is 0.192 e. The standard InChI is InChI=1S/C22H19ClN4S2/c1-3-11-27-20(17-5-4-6-18(23)12-17)25-26-22(27)29-14-19-13-28-21(24-19)16-9-7-15(2)8-10-16/h3-10,12-13H,1,11,14H2,2H3. The van der Waals surface area contributed by atoms with Crippen LogP contribution in [0.2, 0.25) is 5.02 Å². The fourth-order valence-corrected chi connectivity index (χ4v) is 4.83. The summed E-state index contributed by atoms with van der Waals surface area (Å²) in [5.74, 6) is 1.52. The third kappa shape index (κ3) is 4.61. The number of nitrogens with zero attached hydrogens (tertiary/aromatic N) is 4. The molecule has 4 rings (SSSR count). The van der Waals surface area contributed by atoms with Crippen molar-refractivity contribution in [1.82, 2.24) is 19.7 Å². The topological polar surface area (TPSA) is 43.6 Å². The summed E-state index contributed by atoms with van der Waals surface area (Å²) in [6.45, 7) is 6.58. The summed E-state index contributed by atoms with van der Waals surface area (Å²) in [6.07, 6.45) is 1.85. The van der Waals surface area contributed by atoms with Gasteiger partial charge in [-0.1, -0.05) is 71.4 Å². The Hall–Kier alpha value is -2.41. The van der Waals surface area contributed by atoms with Crippen molar-refractivity contribution in [3.63, 3.8) is 0 Å². The zero-order chi connectivity index (χ0) is 20.2. The Kier molecular flexibility index (Phi) is 6.13. The van der Waals surface area contributed by atoms with E-state index in [0.29, 0.717) is 11.6 Å². The van der Waals surface area contributed by atoms with E-state index in [-0.39, 0.29) is 0 Å². The summed E-state index contributed by atoms with van der Waals surface area (Å²) in [5, 5.41) is 13.4. The Balaban J connectivity index is 1.53. The Morgan fingerprint density at radius 3 is 2.72 bits per heavy atom. The smallest absolute Gasteiger partial charge is 0.192 e. The average Bonchev–Trinajstić information content (AvgIpc) is 3.35. The van der Waals surface area contributed by atoms with Crippen LogP contribution >= 0.6 is 34.7 Å². The van der Waals surface area contributed by atoms with Crippen LogP contribution in [-0.4, -0.2) is 19.7 Å². The van der Waals surface area contributed by atoms with E-state index in [2.05, 4.69) is 57.9 Å². The molecule has 0 fully saturated rings. The lowest BCUT2D eigenvalue weighted by molar-refractivity contribution is 0.731. The number of thiazole rings is 1. The molecule has 2 heterocycles. The second-order valence-corrected chi connectivity index (χ2v) is 8.75. The number of aromatic nitrogens is 4. The minimum Gasteiger partial charge on any atom is -0.298 e. The molecule has 0 radical (unpaired) electrons. The molecule has 0 unspecified atom stereocenters. The van der Waals surface area contributed by atoms with E-state index in [1.807, 2.05) is 30.3 Å². The number of allylic oxidation sites excluding steroid dienone is 1. The van der Waals surface area contributed by atoms with Crippen molar-refractivity contribution in [2.75, 3.05) is 0 Å². The molecular formula is C22H19ClN4S2. The predicted octanol–water partition coefficient (Wildman–Crippen LogP) is 6.51. The summed E-state index contributed by atoms with van der Waals surface area (Å²) in [7, 11) is 0. The summed E-state index contributed by atoms with van der Waals surface area (Å²) >= 11 is 9.43. The molecule has 2 aromatic heterocycles. The Bertz CT molecular complexity index is 1130. The van der Waals surface area contributed by atoms with Gasteiger partial charge >= 0.3 is 0 Å². The van der Waals surface area contributed by atoms with E-state index in [0.717, 1.165) is 38.6 Å². The van der Waals surface area contributed by atoms with Crippen LogP contribution in [0.4, 0.5) is 0 Å². The molecule has 0 N–H and O–H groups in total. The highest BCUT2D eigenvalue weighted by molar-refractivity contribution is 7.98. The van der Waals surface area contributed by atoms with Gasteiger partial charge in [0.15, 0.2) is 11.0 Å². The van der Waals surface area contributed by atoms with Crippen LogP contribution in [0.3, 0.4) is 0 Å². The fourth-order valence-electron chi connectivity index (χ4n) is 2.87. The highest BCUT2D eigenvalue weighted by atomic mass is 35.5. The van der Waals surface area contributed by atoms with Crippen molar-refractivity contribution in [1.29, 1.82) is 0 Å². The molecular weight excluding hydrogens is 420 g/mol. The first-order valence-electron chi connectivity index (χ1n) is 9.08. The van der Waals surface area contributed by atoms with Crippen molar-refractivity contribution in [2.45, 2.75) is 24.4 Å². The van der Waals surface area contributed by atoms with E-state index in [1.165, 1.54) is 5.56 Å². The number of aryl methyl sites for hydroxylation is 1. The summed E-state index contributed by atoms with van der Waals surface area (Å²) in [6, 6.07) is 16.1. The number of hydrogen-bond acceptors (Lipinski definition) is 5. The van der Waals surface area contributed by atoms with Gasteiger partial charge in [-0.2, -0.15) is 0 Å². The molecule has 146 valence electrons. The lowest BCUT2D eigenvalue weighted by Gasteiger charge is -2.07. The maximum atomic E-state index is 6.14. The van der Waals surface area contributed by atoms with Crippen LogP contribution in [0.25, 0.3) is 22.0 Å². The average molecular weight is 439 g/mol. The maximum absolute atomic E-state index is 6.14. The van der Waals surface area contributed by atoms with Crippen molar-refractivity contribution < 1.29 is 0 Å². The quantitative estimate of drug-likeness (QED) is 0.243. The van der Waals surface area contributed by atoms with Crippen molar-refractivity contribution >= 4 is 34.7 Å². The van der Waals surface area contributed by atoms with Crippen molar-refractivity contribution in [2.24, 2.45) is 0 Å². The molecule has 29 heavy (non-hydrogen) atoms. The minimum absolute atomic E-state index is 0.628. The first-order valence-corrected chi connectivity index (χ1v) is 11.3. The molecule has 0 aliphatic carbocycles. The molecule has 0 saturated heterocycles. The molecule has 4 nitrogen and oxygen atoms in total. The number of hydrogen-bond donors (Lipinski definition) is 0. The third-order valence-electron chi connectivity index (χ3n) is 4.31. The largest absolute Gasteiger partial charge is 0.298 e. The van der Waals surface area contributed by atoms with Gasteiger partial charge in [0.1, 0.15) is 5.01 Å². The summed E-state index contributed by atoms with van der Waals surface area (Å²) < 4.78 is 2.05. The van der Waals surface area contributed by atoms with E-state index >= 15 is 0 Å². The monoisotopic (exact) mass is 438 g/mol. The molecule has 0 amide bonds. The van der Waals surface area contributed by atoms with E-state index in [4.69, 9.17) is 16.6 Å². The Morgan fingerprint density at radius 2 is 1.97 bits per heavy atom. The van der Waals surface area contributed by atoms with Gasteiger partial charge in [-0.15, -0.1) is 28.1 Å². The van der Waals surface area contributed by atoms with Crippen LogP contribution in [0.15, 0.2) is 71.7 Å². The number of halogens is 1. The molecule has 7 heteroatoms. The zero-order valence-corrected chi connectivity index (χ0v) is 18.3. The van der Waals surface area contributed by atoms with E-state index < -0.39 is 0 Å². The van der Waals surface area contributed by atoms with E-state index in [1.54, 1.807) is 23.1 Å². The highest BCUT2D eigenvalue weighted by Crippen LogP contribution is 2.30. The third-order valence-corrected chi connectivity index (χ3v) is 6.49. The first kappa shape index (κ1) is 19.9. The lowest BCUT2D eigenvalue weighted by Crippen LogP contribution is -2.00. The Morgan fingerprint density at radius 1 is 1.14 bits per heavy atom. The summed E-state index contributed by atoms with van der Waals surface area (Å²) in [5.41, 5.74) is 4.37. The van der Waals surface area contributed by atoms with Crippen molar-refractivity contribution in [3.05, 3.63) is 82.8 Å². The Labute approximate surface area is 183 Å². The van der Waals surface area contributed by atoms with Crippen LogP contribution in [-0.2, 0) is 12.3 Å². The second-order valence-electron chi connectivity index (χ2n) is 6.51. The zero-order valence-electron chi connectivity index (χ0n) is 15.9. The highest BCUT2D eigenvalue weighted by Gasteiger charge is 2.15. The van der Waals surface area contributed by atoms with Crippen LogP contribution in [0.5, 0.6) is 0 Å². The molecule has 0 spiro atoms. The number of thioether (sulfide) groups is 1. The molecule has 0 aliphatic heterocycles. The molecule has 0 saturated carbocycles. The van der Waals surface area contributed by atoms with Gasteiger partial charge in [0, 0.05) is 33.8 Å². The SMILES string of the molecule is C=CCn1c(SCc2csc(-c3ccc(C)cc3)n2)nnc1-c1cccc(Cl)c1. The van der Waals surface area contributed by atoms with E-state index in [9.17, 15) is 0 Å². The number of benzene rings is 2. The second kappa shape index (κ2) is 8.95. The first-order chi connectivity index (χ1) is 14.1. The minimum atomic E-state index is 0.628. The summed E-state index contributed by atoms with van der Waals surface area (Å²) in [4.78, 5) is 4.78. The van der Waals surface area contributed by atoms with Crippen LogP contribution in [0.1, 0.15) is 11.3 Å². The molecule has 4 aromatic rings. The van der Waals surface area contributed by atoms with Gasteiger partial charge in [-0.3, -0.25) is 4.57 Å². The molecule has 0 aliphatic rings. The fraction of sp³-hybridized carbons (Fsp3) is 0.136. The van der Waals surface area contributed by atoms with Gasteiger partial charge < -0.3 is 0 Å². The van der Waals surface area contributed by atoms with Crippen molar-refractivity contribution in [3.8, 4) is 22.0 Å². The lowest BCUT2D eigenvalue weighted by atomic mass is 10.2. The predicted molar refractivity (Wildman–Crippen MR) is 123 cm³/mol. The molecule has 0 atom stereocenters. The van der Waals surface area contributed by atoms with Gasteiger partial charge in [0.25, 0.3) is 0 Å². The van der Waals surface area contributed by atoms with Crippen LogP contribution < -0.4 is 0 Å². The molecule has 0 bridgehead atoms. The van der Waals surface area contributed by atoms with Gasteiger partial charge in [-0.25, -0.2) is 4.98 Å². The van der Waals surface area contributed by atoms with Gasteiger partial charge in [0.2, 0.25) is 0 Å². The van der Waals surface area contributed by atoms with Crippen LogP contribution in [0, 0.1) is 6.92 Å². The van der Waals surface area contributed by atoms with Gasteiger partial charge in [-0.05, 0) is 19.1 Å². The van der Waals surface area contributed by atoms with Gasteiger partial charge in [0.05, 0.1) is 5.69 Å².